The lowest BCUT2D eigenvalue weighted by molar-refractivity contribution is -0.0344. The van der Waals surface area contributed by atoms with Gasteiger partial charge in [0.2, 0.25) is 0 Å². The third-order valence-electron chi connectivity index (χ3n) is 6.37. The summed E-state index contributed by atoms with van der Waals surface area (Å²) < 4.78 is 12.7. The molecule has 3 N–H and O–H groups in total. The molecule has 4 aromatic rings. The smallest absolute Gasteiger partial charge is 0.343 e. The molecular formula is C21H18N6O4. The van der Waals surface area contributed by atoms with Crippen molar-refractivity contribution in [1.29, 1.82) is 0 Å². The largest absolute Gasteiger partial charge is 0.507 e. The number of pyridine rings is 1. The standard InChI is InChI=1S/C21H18N6O4/c22-18-17(25-31-26-18)19-24-13-10-23-9-6-14(13)27(19)11-4-7-21(8-5-11)12-2-1-3-15(28)16(12)20(29)30-21/h1-3,6,9-11,28H,4-5,7-8H2,(H2,22,26). The highest BCUT2D eigenvalue weighted by atomic mass is 16.6. The van der Waals surface area contributed by atoms with Crippen LogP contribution in [-0.2, 0) is 10.3 Å². The maximum Gasteiger partial charge on any atom is 0.343 e. The molecule has 3 aromatic heterocycles. The molecular weight excluding hydrogens is 400 g/mol. The van der Waals surface area contributed by atoms with Crippen LogP contribution >= 0.6 is 0 Å². The van der Waals surface area contributed by atoms with E-state index in [-0.39, 0.29) is 23.2 Å². The molecule has 0 atom stereocenters. The molecule has 1 aromatic carbocycles. The molecule has 0 bridgehead atoms. The number of phenolic OH excluding ortho intramolecular Hbond substituents is 1. The van der Waals surface area contributed by atoms with Crippen molar-refractivity contribution < 1.29 is 19.3 Å². The summed E-state index contributed by atoms with van der Waals surface area (Å²) in [5.74, 6) is 0.244. The molecule has 0 radical (unpaired) electrons. The van der Waals surface area contributed by atoms with Gasteiger partial charge in [-0.2, -0.15) is 0 Å². The van der Waals surface area contributed by atoms with Crippen molar-refractivity contribution in [2.75, 3.05) is 5.73 Å². The number of esters is 1. The van der Waals surface area contributed by atoms with Crippen molar-refractivity contribution in [3.63, 3.8) is 0 Å². The Labute approximate surface area is 175 Å². The average molecular weight is 418 g/mol. The van der Waals surface area contributed by atoms with Crippen LogP contribution in [0.5, 0.6) is 5.75 Å². The van der Waals surface area contributed by atoms with Gasteiger partial charge < -0.3 is 20.1 Å². The van der Waals surface area contributed by atoms with Crippen LogP contribution in [0.3, 0.4) is 0 Å². The number of hydrogen-bond donors (Lipinski definition) is 2. The van der Waals surface area contributed by atoms with Crippen molar-refractivity contribution in [2.24, 2.45) is 0 Å². The van der Waals surface area contributed by atoms with Gasteiger partial charge in [0, 0.05) is 17.8 Å². The Kier molecular flexibility index (Phi) is 3.62. The summed E-state index contributed by atoms with van der Waals surface area (Å²) in [4.78, 5) is 21.3. The van der Waals surface area contributed by atoms with Gasteiger partial charge in [-0.15, -0.1) is 0 Å². The van der Waals surface area contributed by atoms with Crippen LogP contribution < -0.4 is 5.73 Å². The number of benzene rings is 1. The summed E-state index contributed by atoms with van der Waals surface area (Å²) in [6.07, 6.45) is 6.12. The minimum Gasteiger partial charge on any atom is -0.507 e. The van der Waals surface area contributed by atoms with E-state index < -0.39 is 11.6 Å². The van der Waals surface area contributed by atoms with Crippen molar-refractivity contribution in [1.82, 2.24) is 24.8 Å². The van der Waals surface area contributed by atoms with Gasteiger partial charge in [-0.25, -0.2) is 14.4 Å². The van der Waals surface area contributed by atoms with Gasteiger partial charge in [-0.05, 0) is 48.1 Å². The first-order valence-corrected chi connectivity index (χ1v) is 10.0. The van der Waals surface area contributed by atoms with Gasteiger partial charge in [0.1, 0.15) is 22.4 Å². The predicted molar refractivity (Wildman–Crippen MR) is 108 cm³/mol. The van der Waals surface area contributed by atoms with E-state index in [2.05, 4.69) is 24.8 Å². The highest BCUT2D eigenvalue weighted by Gasteiger charge is 2.49. The Morgan fingerprint density at radius 2 is 2.03 bits per heavy atom. The molecule has 0 unspecified atom stereocenters. The molecule has 2 aliphatic rings. The molecule has 1 aliphatic heterocycles. The zero-order valence-electron chi connectivity index (χ0n) is 16.4. The van der Waals surface area contributed by atoms with Crippen LogP contribution in [0.1, 0.15) is 47.6 Å². The van der Waals surface area contributed by atoms with E-state index in [1.165, 1.54) is 6.07 Å². The number of anilines is 1. The minimum atomic E-state index is -0.714. The molecule has 0 amide bonds. The Morgan fingerprint density at radius 1 is 1.19 bits per heavy atom. The first kappa shape index (κ1) is 17.9. The number of aromatic nitrogens is 5. The monoisotopic (exact) mass is 418 g/mol. The second kappa shape index (κ2) is 6.27. The van der Waals surface area contributed by atoms with Gasteiger partial charge >= 0.3 is 5.97 Å². The van der Waals surface area contributed by atoms with E-state index >= 15 is 0 Å². The van der Waals surface area contributed by atoms with Crippen LogP contribution in [0, 0.1) is 0 Å². The number of imidazole rings is 1. The summed E-state index contributed by atoms with van der Waals surface area (Å²) >= 11 is 0. The average Bonchev–Trinajstić information content (AvgIpc) is 3.44. The molecule has 10 nitrogen and oxygen atoms in total. The third-order valence-corrected chi connectivity index (χ3v) is 6.37. The van der Waals surface area contributed by atoms with E-state index in [0.29, 0.717) is 24.4 Å². The molecule has 0 saturated heterocycles. The van der Waals surface area contributed by atoms with Gasteiger partial charge in [-0.3, -0.25) is 4.98 Å². The molecule has 4 heterocycles. The van der Waals surface area contributed by atoms with Crippen LogP contribution in [0.4, 0.5) is 5.82 Å². The minimum absolute atomic E-state index is 0.0362. The molecule has 156 valence electrons. The van der Waals surface area contributed by atoms with Crippen LogP contribution in [-0.4, -0.2) is 35.9 Å². The number of hydrogen-bond acceptors (Lipinski definition) is 9. The number of rotatable bonds is 2. The Bertz CT molecular complexity index is 1330. The topological polar surface area (TPSA) is 142 Å². The number of ether oxygens (including phenoxy) is 1. The van der Waals surface area contributed by atoms with Gasteiger partial charge in [-0.1, -0.05) is 12.1 Å². The number of carbonyl (C=O) groups excluding carboxylic acids is 1. The van der Waals surface area contributed by atoms with E-state index in [4.69, 9.17) is 15.1 Å². The molecule has 1 aliphatic carbocycles. The summed E-state index contributed by atoms with van der Waals surface area (Å²) in [5.41, 5.74) is 8.31. The molecule has 1 saturated carbocycles. The van der Waals surface area contributed by atoms with Crippen molar-refractivity contribution in [2.45, 2.75) is 37.3 Å². The lowest BCUT2D eigenvalue weighted by Gasteiger charge is -2.37. The maximum absolute atomic E-state index is 12.4. The Balaban J connectivity index is 1.40. The number of fused-ring (bicyclic) bond motifs is 3. The number of nitrogens with two attached hydrogens (primary N) is 1. The van der Waals surface area contributed by atoms with Crippen LogP contribution in [0.15, 0.2) is 41.3 Å². The maximum atomic E-state index is 12.4. The fourth-order valence-electron chi connectivity index (χ4n) is 4.95. The molecule has 1 spiro atoms. The second-order valence-corrected chi connectivity index (χ2v) is 7.98. The van der Waals surface area contributed by atoms with Crippen LogP contribution in [0.25, 0.3) is 22.6 Å². The lowest BCUT2D eigenvalue weighted by Crippen LogP contribution is -2.33. The zero-order chi connectivity index (χ0) is 21.2. The Morgan fingerprint density at radius 3 is 2.81 bits per heavy atom. The number of nitrogens with zero attached hydrogens (tertiary/aromatic N) is 5. The van der Waals surface area contributed by atoms with Crippen molar-refractivity contribution >= 4 is 22.8 Å². The summed E-state index contributed by atoms with van der Waals surface area (Å²) in [6, 6.07) is 7.11. The normalized spacial score (nSPS) is 22.7. The molecule has 1 fully saturated rings. The van der Waals surface area contributed by atoms with Gasteiger partial charge in [0.15, 0.2) is 17.3 Å². The predicted octanol–water partition coefficient (Wildman–Crippen LogP) is 2.95. The van der Waals surface area contributed by atoms with E-state index in [1.807, 2.05) is 12.1 Å². The fraction of sp³-hybridized carbons (Fsp3) is 0.286. The summed E-state index contributed by atoms with van der Waals surface area (Å²) in [6.45, 7) is 0. The molecule has 6 rings (SSSR count). The first-order chi connectivity index (χ1) is 15.1. The third kappa shape index (κ3) is 2.47. The van der Waals surface area contributed by atoms with Gasteiger partial charge in [0.05, 0.1) is 11.7 Å². The second-order valence-electron chi connectivity index (χ2n) is 7.98. The number of phenols is 1. The first-order valence-electron chi connectivity index (χ1n) is 10.0. The summed E-state index contributed by atoms with van der Waals surface area (Å²) in [7, 11) is 0. The zero-order valence-corrected chi connectivity index (χ0v) is 16.4. The Hall–Kier alpha value is -3.95. The van der Waals surface area contributed by atoms with E-state index in [1.54, 1.807) is 18.5 Å². The van der Waals surface area contributed by atoms with E-state index in [9.17, 15) is 9.90 Å². The van der Waals surface area contributed by atoms with Gasteiger partial charge in [0.25, 0.3) is 0 Å². The number of carbonyl (C=O) groups is 1. The fourth-order valence-corrected chi connectivity index (χ4v) is 4.95. The van der Waals surface area contributed by atoms with Crippen LogP contribution in [0.2, 0.25) is 0 Å². The number of nitrogen functional groups attached to an aromatic ring is 1. The molecule has 31 heavy (non-hydrogen) atoms. The van der Waals surface area contributed by atoms with E-state index in [0.717, 1.165) is 29.4 Å². The highest BCUT2D eigenvalue weighted by Crippen LogP contribution is 2.51. The van der Waals surface area contributed by atoms with Crippen molar-refractivity contribution in [3.05, 3.63) is 47.8 Å². The number of aromatic hydroxyl groups is 1. The quantitative estimate of drug-likeness (QED) is 0.470. The van der Waals surface area contributed by atoms with Crippen molar-refractivity contribution in [3.8, 4) is 17.3 Å². The highest BCUT2D eigenvalue weighted by molar-refractivity contribution is 5.97. The summed E-state index contributed by atoms with van der Waals surface area (Å²) in [5, 5.41) is 17.8. The SMILES string of the molecule is Nc1nonc1-c1nc2cnccc2n1C1CCC2(CC1)OC(=O)c1c(O)cccc12. The lowest BCUT2D eigenvalue weighted by atomic mass is 9.77. The molecule has 10 heteroatoms.